The second kappa shape index (κ2) is 10.7. The molecule has 1 fully saturated rings. The lowest BCUT2D eigenvalue weighted by Crippen LogP contribution is -2.45. The van der Waals surface area contributed by atoms with Crippen LogP contribution in [0, 0.1) is 4.77 Å². The van der Waals surface area contributed by atoms with Gasteiger partial charge in [0, 0.05) is 45.7 Å². The highest BCUT2D eigenvalue weighted by molar-refractivity contribution is 7.71. The van der Waals surface area contributed by atoms with Gasteiger partial charge in [-0.15, -0.1) is 0 Å². The molecule has 1 aromatic heterocycles. The van der Waals surface area contributed by atoms with Gasteiger partial charge in [0.1, 0.15) is 12.4 Å². The largest absolute Gasteiger partial charge is 0.350 e. The lowest BCUT2D eigenvalue weighted by atomic mass is 10.1. The SMILES string of the molecule is CCCc1n[nH]c(=S)n1CC(=O)NCc1ccc(CN2CCN(CC)CC2)cc1. The summed E-state index contributed by atoms with van der Waals surface area (Å²) in [6, 6.07) is 8.53. The van der Waals surface area contributed by atoms with Crippen LogP contribution in [-0.2, 0) is 30.8 Å². The number of piperazine rings is 1. The number of likely N-dealkylation sites (N-methyl/N-ethyl adjacent to an activating group) is 1. The van der Waals surface area contributed by atoms with Gasteiger partial charge in [0.15, 0.2) is 4.77 Å². The lowest BCUT2D eigenvalue weighted by Gasteiger charge is -2.34. The molecule has 0 spiro atoms. The van der Waals surface area contributed by atoms with Crippen molar-refractivity contribution in [1.29, 1.82) is 0 Å². The summed E-state index contributed by atoms with van der Waals surface area (Å²) in [6.07, 6.45) is 1.76. The second-order valence-corrected chi connectivity index (χ2v) is 7.97. The number of hydrogen-bond donors (Lipinski definition) is 2. The van der Waals surface area contributed by atoms with Crippen LogP contribution in [0.25, 0.3) is 0 Å². The highest BCUT2D eigenvalue weighted by atomic mass is 32.1. The Hall–Kier alpha value is -2.03. The molecule has 0 saturated carbocycles. The molecule has 3 rings (SSSR count). The minimum absolute atomic E-state index is 0.0577. The predicted molar refractivity (Wildman–Crippen MR) is 117 cm³/mol. The molecule has 0 bridgehead atoms. The van der Waals surface area contributed by atoms with Gasteiger partial charge in [0.25, 0.3) is 0 Å². The third-order valence-electron chi connectivity index (χ3n) is 5.44. The Morgan fingerprint density at radius 2 is 1.76 bits per heavy atom. The van der Waals surface area contributed by atoms with Gasteiger partial charge >= 0.3 is 0 Å². The molecule has 158 valence electrons. The average Bonchev–Trinajstić information content (AvgIpc) is 3.08. The van der Waals surface area contributed by atoms with E-state index in [1.807, 2.05) is 0 Å². The van der Waals surface area contributed by atoms with E-state index >= 15 is 0 Å². The lowest BCUT2D eigenvalue weighted by molar-refractivity contribution is -0.121. The first-order chi connectivity index (χ1) is 14.1. The van der Waals surface area contributed by atoms with Crippen LogP contribution in [0.3, 0.4) is 0 Å². The van der Waals surface area contributed by atoms with E-state index in [2.05, 4.69) is 63.4 Å². The molecular weight excluding hydrogens is 384 g/mol. The number of benzene rings is 1. The Morgan fingerprint density at radius 1 is 1.10 bits per heavy atom. The van der Waals surface area contributed by atoms with Crippen LogP contribution in [0.2, 0.25) is 0 Å². The maximum atomic E-state index is 12.3. The number of carbonyl (C=O) groups is 1. The number of nitrogens with zero attached hydrogens (tertiary/aromatic N) is 4. The van der Waals surface area contributed by atoms with E-state index in [9.17, 15) is 4.79 Å². The third-order valence-corrected chi connectivity index (χ3v) is 5.76. The van der Waals surface area contributed by atoms with E-state index in [1.165, 1.54) is 5.56 Å². The molecule has 0 radical (unpaired) electrons. The van der Waals surface area contributed by atoms with E-state index in [4.69, 9.17) is 12.2 Å². The minimum atomic E-state index is -0.0577. The molecular formula is C21H32N6OS. The Balaban J connectivity index is 1.46. The Bertz CT molecular complexity index is 836. The molecule has 7 nitrogen and oxygen atoms in total. The van der Waals surface area contributed by atoms with Crippen molar-refractivity contribution < 1.29 is 4.79 Å². The number of rotatable bonds is 9. The van der Waals surface area contributed by atoms with Gasteiger partial charge < -0.3 is 10.2 Å². The second-order valence-electron chi connectivity index (χ2n) is 7.58. The van der Waals surface area contributed by atoms with E-state index in [1.54, 1.807) is 4.57 Å². The molecule has 2 N–H and O–H groups in total. The fourth-order valence-corrected chi connectivity index (χ4v) is 3.83. The van der Waals surface area contributed by atoms with Gasteiger partial charge in [-0.1, -0.05) is 38.1 Å². The van der Waals surface area contributed by atoms with Crippen LogP contribution >= 0.6 is 12.2 Å². The van der Waals surface area contributed by atoms with Crippen molar-refractivity contribution >= 4 is 18.1 Å². The number of H-pyrrole nitrogens is 1. The number of carbonyl (C=O) groups excluding carboxylic acids is 1. The highest BCUT2D eigenvalue weighted by Crippen LogP contribution is 2.10. The fraction of sp³-hybridized carbons (Fsp3) is 0.571. The van der Waals surface area contributed by atoms with E-state index in [-0.39, 0.29) is 12.5 Å². The zero-order valence-corrected chi connectivity index (χ0v) is 18.3. The number of amides is 1. The molecule has 2 aromatic rings. The Kier molecular flexibility index (Phi) is 7.97. The van der Waals surface area contributed by atoms with Gasteiger partial charge in [0.05, 0.1) is 0 Å². The molecule has 0 unspecified atom stereocenters. The van der Waals surface area contributed by atoms with E-state index in [0.717, 1.165) is 63.5 Å². The van der Waals surface area contributed by atoms with Crippen molar-refractivity contribution in [3.8, 4) is 0 Å². The van der Waals surface area contributed by atoms with Gasteiger partial charge in [-0.3, -0.25) is 19.4 Å². The summed E-state index contributed by atoms with van der Waals surface area (Å²) < 4.78 is 2.27. The first-order valence-electron chi connectivity index (χ1n) is 10.5. The van der Waals surface area contributed by atoms with E-state index in [0.29, 0.717) is 11.3 Å². The maximum Gasteiger partial charge on any atom is 0.240 e. The molecule has 29 heavy (non-hydrogen) atoms. The summed E-state index contributed by atoms with van der Waals surface area (Å²) in [5, 5.41) is 9.96. The van der Waals surface area contributed by atoms with Crippen molar-refractivity contribution in [1.82, 2.24) is 29.9 Å². The van der Waals surface area contributed by atoms with Crippen molar-refractivity contribution in [2.75, 3.05) is 32.7 Å². The molecule has 1 aliphatic heterocycles. The zero-order chi connectivity index (χ0) is 20.6. The zero-order valence-electron chi connectivity index (χ0n) is 17.5. The minimum Gasteiger partial charge on any atom is -0.350 e. The van der Waals surface area contributed by atoms with Crippen molar-refractivity contribution in [2.24, 2.45) is 0 Å². The van der Waals surface area contributed by atoms with Crippen molar-refractivity contribution in [3.63, 3.8) is 0 Å². The number of aryl methyl sites for hydroxylation is 1. The summed E-state index contributed by atoms with van der Waals surface area (Å²) in [4.78, 5) is 17.3. The molecule has 1 aromatic carbocycles. The van der Waals surface area contributed by atoms with Crippen molar-refractivity contribution in [3.05, 3.63) is 46.0 Å². The number of aromatic amines is 1. The average molecular weight is 417 g/mol. The first-order valence-corrected chi connectivity index (χ1v) is 10.9. The summed E-state index contributed by atoms with van der Waals surface area (Å²) >= 11 is 5.24. The topological polar surface area (TPSA) is 69.2 Å². The standard InChI is InChI=1S/C21H32N6OS/c1-3-5-19-23-24-21(29)27(19)16-20(28)22-14-17-6-8-18(9-7-17)15-26-12-10-25(4-2)11-13-26/h6-9H,3-5,10-16H2,1-2H3,(H,22,28)(H,24,29). The summed E-state index contributed by atoms with van der Waals surface area (Å²) in [7, 11) is 0. The van der Waals surface area contributed by atoms with Crippen LogP contribution in [-0.4, -0.2) is 63.2 Å². The maximum absolute atomic E-state index is 12.3. The van der Waals surface area contributed by atoms with Crippen molar-refractivity contribution in [2.45, 2.75) is 46.3 Å². The summed E-state index contributed by atoms with van der Waals surface area (Å²) in [5.41, 5.74) is 2.42. The van der Waals surface area contributed by atoms with Crippen LogP contribution in [0.4, 0.5) is 0 Å². The molecule has 1 amide bonds. The molecule has 2 heterocycles. The quantitative estimate of drug-likeness (QED) is 0.614. The van der Waals surface area contributed by atoms with Gasteiger partial charge in [0.2, 0.25) is 5.91 Å². The smallest absolute Gasteiger partial charge is 0.240 e. The Labute approximate surface area is 178 Å². The third kappa shape index (κ3) is 6.22. The molecule has 0 aliphatic carbocycles. The normalized spacial score (nSPS) is 15.5. The fourth-order valence-electron chi connectivity index (χ4n) is 3.61. The molecule has 1 aliphatic rings. The highest BCUT2D eigenvalue weighted by Gasteiger charge is 2.15. The molecule has 1 saturated heterocycles. The number of hydrogen-bond acceptors (Lipinski definition) is 5. The number of nitrogens with one attached hydrogen (secondary N) is 2. The van der Waals surface area contributed by atoms with Crippen LogP contribution in [0.15, 0.2) is 24.3 Å². The van der Waals surface area contributed by atoms with Crippen LogP contribution < -0.4 is 5.32 Å². The monoisotopic (exact) mass is 416 g/mol. The summed E-state index contributed by atoms with van der Waals surface area (Å²) in [5.74, 6) is 0.773. The Morgan fingerprint density at radius 3 is 2.41 bits per heavy atom. The predicted octanol–water partition coefficient (Wildman–Crippen LogP) is 2.35. The van der Waals surface area contributed by atoms with Gasteiger partial charge in [-0.25, -0.2) is 0 Å². The van der Waals surface area contributed by atoms with Gasteiger partial charge in [-0.2, -0.15) is 5.10 Å². The number of aromatic nitrogens is 3. The van der Waals surface area contributed by atoms with Gasteiger partial charge in [-0.05, 0) is 36.3 Å². The van der Waals surface area contributed by atoms with E-state index < -0.39 is 0 Å². The van der Waals surface area contributed by atoms with Crippen LogP contribution in [0.5, 0.6) is 0 Å². The molecule has 0 atom stereocenters. The summed E-state index contributed by atoms with van der Waals surface area (Å²) in [6.45, 7) is 11.7. The first kappa shape index (κ1) is 21.7. The van der Waals surface area contributed by atoms with Crippen LogP contribution in [0.1, 0.15) is 37.2 Å². The molecule has 8 heteroatoms.